The summed E-state index contributed by atoms with van der Waals surface area (Å²) in [5, 5.41) is 3.80. The molecule has 4 rings (SSSR count). The maximum absolute atomic E-state index is 12.7. The third kappa shape index (κ3) is 4.91. The summed E-state index contributed by atoms with van der Waals surface area (Å²) in [5.41, 5.74) is 4.90. The summed E-state index contributed by atoms with van der Waals surface area (Å²) in [6.07, 6.45) is 3.29. The van der Waals surface area contributed by atoms with Crippen molar-refractivity contribution >= 4 is 28.1 Å². The topological polar surface area (TPSA) is 69.9 Å². The fourth-order valence-corrected chi connectivity index (χ4v) is 3.81. The Bertz CT molecular complexity index is 1330. The number of fused-ring (bicyclic) bond motifs is 1. The number of carbonyl (C=O) groups is 1. The molecule has 34 heavy (non-hydrogen) atoms. The lowest BCUT2D eigenvalue weighted by Gasteiger charge is -2.11. The van der Waals surface area contributed by atoms with Gasteiger partial charge in [-0.3, -0.25) is 4.79 Å². The van der Waals surface area contributed by atoms with Crippen molar-refractivity contribution in [1.82, 2.24) is 0 Å². The van der Waals surface area contributed by atoms with Gasteiger partial charge in [-0.25, -0.2) is 0 Å². The van der Waals surface area contributed by atoms with E-state index in [0.717, 1.165) is 33.4 Å². The van der Waals surface area contributed by atoms with Gasteiger partial charge in [-0.15, -0.1) is 0 Å². The smallest absolute Gasteiger partial charge is 0.248 e. The van der Waals surface area contributed by atoms with Crippen LogP contribution in [0.25, 0.3) is 27.7 Å². The number of benzene rings is 3. The van der Waals surface area contributed by atoms with Crippen molar-refractivity contribution in [1.29, 1.82) is 0 Å². The van der Waals surface area contributed by atoms with Crippen molar-refractivity contribution in [3.63, 3.8) is 0 Å². The molecule has 0 fully saturated rings. The van der Waals surface area contributed by atoms with Gasteiger partial charge in [-0.2, -0.15) is 0 Å². The van der Waals surface area contributed by atoms with Gasteiger partial charge < -0.3 is 23.9 Å². The number of anilines is 1. The zero-order valence-electron chi connectivity index (χ0n) is 19.7. The van der Waals surface area contributed by atoms with Crippen LogP contribution < -0.4 is 19.5 Å². The van der Waals surface area contributed by atoms with Crippen LogP contribution in [-0.2, 0) is 4.79 Å². The van der Waals surface area contributed by atoms with Gasteiger partial charge in [0.2, 0.25) is 5.91 Å². The van der Waals surface area contributed by atoms with Crippen LogP contribution in [0.5, 0.6) is 17.2 Å². The quantitative estimate of drug-likeness (QED) is 0.304. The molecule has 1 heterocycles. The summed E-state index contributed by atoms with van der Waals surface area (Å²) in [6.45, 7) is 4.46. The molecule has 0 aliphatic carbocycles. The van der Waals surface area contributed by atoms with Crippen LogP contribution in [0.3, 0.4) is 0 Å². The molecule has 0 unspecified atom stereocenters. The second-order valence-electron chi connectivity index (χ2n) is 7.70. The second kappa shape index (κ2) is 10.2. The van der Waals surface area contributed by atoms with E-state index >= 15 is 0 Å². The Morgan fingerprint density at radius 1 is 1.00 bits per heavy atom. The molecule has 0 saturated carbocycles. The largest absolute Gasteiger partial charge is 0.497 e. The van der Waals surface area contributed by atoms with E-state index in [1.54, 1.807) is 32.6 Å². The maximum atomic E-state index is 12.7. The fourth-order valence-electron chi connectivity index (χ4n) is 3.81. The normalized spacial score (nSPS) is 11.4. The molecule has 6 heteroatoms. The molecule has 1 aromatic heterocycles. The number of carbonyl (C=O) groups excluding carboxylic acids is 1. The average molecular weight is 458 g/mol. The second-order valence-corrected chi connectivity index (χ2v) is 7.70. The molecular formula is C28H27NO5. The summed E-state index contributed by atoms with van der Waals surface area (Å²) in [5.74, 6) is 1.88. The van der Waals surface area contributed by atoms with Crippen LogP contribution >= 0.6 is 0 Å². The lowest BCUT2D eigenvalue weighted by molar-refractivity contribution is -0.111. The Kier molecular flexibility index (Phi) is 6.87. The van der Waals surface area contributed by atoms with E-state index in [0.29, 0.717) is 29.4 Å². The predicted molar refractivity (Wildman–Crippen MR) is 135 cm³/mol. The predicted octanol–water partition coefficient (Wildman–Crippen LogP) is 6.56. The number of methoxy groups -OCH3 is 2. The fraction of sp³-hybridized carbons (Fsp3) is 0.179. The first kappa shape index (κ1) is 23.0. The van der Waals surface area contributed by atoms with Gasteiger partial charge in [-0.05, 0) is 55.3 Å². The third-order valence-electron chi connectivity index (χ3n) is 5.48. The number of nitrogens with one attached hydrogen (secondary N) is 1. The minimum atomic E-state index is -0.244. The first-order chi connectivity index (χ1) is 16.5. The summed E-state index contributed by atoms with van der Waals surface area (Å²) in [6, 6.07) is 19.0. The molecule has 0 atom stereocenters. The van der Waals surface area contributed by atoms with E-state index in [1.165, 1.54) is 0 Å². The number of furan rings is 1. The van der Waals surface area contributed by atoms with Gasteiger partial charge in [0.1, 0.15) is 22.8 Å². The van der Waals surface area contributed by atoms with E-state index in [4.69, 9.17) is 18.6 Å². The molecule has 1 N–H and O–H groups in total. The van der Waals surface area contributed by atoms with Crippen LogP contribution in [0.2, 0.25) is 0 Å². The van der Waals surface area contributed by atoms with Crippen LogP contribution in [0.4, 0.5) is 5.69 Å². The molecule has 174 valence electrons. The monoisotopic (exact) mass is 457 g/mol. The van der Waals surface area contributed by atoms with E-state index in [2.05, 4.69) is 5.32 Å². The van der Waals surface area contributed by atoms with Crippen molar-refractivity contribution in [3.8, 4) is 28.4 Å². The molecular weight excluding hydrogens is 430 g/mol. The van der Waals surface area contributed by atoms with Gasteiger partial charge in [0, 0.05) is 40.4 Å². The number of rotatable bonds is 8. The highest BCUT2D eigenvalue weighted by molar-refractivity contribution is 6.05. The van der Waals surface area contributed by atoms with Crippen molar-refractivity contribution in [2.45, 2.75) is 13.8 Å². The van der Waals surface area contributed by atoms with Crippen molar-refractivity contribution < 1.29 is 23.4 Å². The zero-order valence-corrected chi connectivity index (χ0v) is 19.7. The highest BCUT2D eigenvalue weighted by Gasteiger charge is 2.15. The Morgan fingerprint density at radius 2 is 1.79 bits per heavy atom. The minimum absolute atomic E-state index is 0.244. The third-order valence-corrected chi connectivity index (χ3v) is 5.48. The Labute approximate surface area is 198 Å². The van der Waals surface area contributed by atoms with Gasteiger partial charge in [0.05, 0.1) is 27.1 Å². The first-order valence-electron chi connectivity index (χ1n) is 11.0. The Morgan fingerprint density at radius 3 is 2.50 bits per heavy atom. The average Bonchev–Trinajstić information content (AvgIpc) is 3.26. The minimum Gasteiger partial charge on any atom is -0.497 e. The maximum Gasteiger partial charge on any atom is 0.248 e. The van der Waals surface area contributed by atoms with Crippen LogP contribution in [0.15, 0.2) is 77.4 Å². The molecule has 0 radical (unpaired) electrons. The molecule has 0 aliphatic heterocycles. The van der Waals surface area contributed by atoms with Crippen LogP contribution in [0.1, 0.15) is 19.4 Å². The first-order valence-corrected chi connectivity index (χ1v) is 11.0. The number of hydrogen-bond acceptors (Lipinski definition) is 5. The van der Waals surface area contributed by atoms with Gasteiger partial charge >= 0.3 is 0 Å². The van der Waals surface area contributed by atoms with Crippen molar-refractivity contribution in [2.24, 2.45) is 0 Å². The Balaban J connectivity index is 1.66. The highest BCUT2D eigenvalue weighted by Crippen LogP contribution is 2.37. The van der Waals surface area contributed by atoms with Crippen LogP contribution in [-0.4, -0.2) is 26.7 Å². The number of amides is 1. The number of allylic oxidation sites excluding steroid dienone is 1. The molecule has 0 spiro atoms. The van der Waals surface area contributed by atoms with E-state index in [1.807, 2.05) is 68.4 Å². The summed E-state index contributed by atoms with van der Waals surface area (Å²) >= 11 is 0. The molecule has 0 aliphatic rings. The van der Waals surface area contributed by atoms with Crippen molar-refractivity contribution in [3.05, 3.63) is 78.6 Å². The molecule has 4 aromatic rings. The zero-order chi connectivity index (χ0) is 24.1. The van der Waals surface area contributed by atoms with E-state index in [9.17, 15) is 4.79 Å². The van der Waals surface area contributed by atoms with E-state index < -0.39 is 0 Å². The van der Waals surface area contributed by atoms with Gasteiger partial charge in [0.15, 0.2) is 0 Å². The SMILES string of the molecule is CCOc1ccc(-c2coc3cc(OC)c(/C(C)=C/C(=O)Nc4cccc(OC)c4)cc23)cc1. The molecule has 6 nitrogen and oxygen atoms in total. The van der Waals surface area contributed by atoms with Crippen molar-refractivity contribution in [2.75, 3.05) is 26.1 Å². The standard InChI is InChI=1S/C28H27NO5/c1-5-33-21-11-9-19(10-12-21)25-17-34-27-16-26(32-4)23(15-24(25)27)18(2)13-28(30)29-20-7-6-8-22(14-20)31-3/h6-17H,5H2,1-4H3,(H,29,30)/b18-13+. The van der Waals surface area contributed by atoms with E-state index in [-0.39, 0.29) is 5.91 Å². The molecule has 1 amide bonds. The molecule has 3 aromatic carbocycles. The van der Waals surface area contributed by atoms with Gasteiger partial charge in [0.25, 0.3) is 0 Å². The summed E-state index contributed by atoms with van der Waals surface area (Å²) in [7, 11) is 3.19. The lowest BCUT2D eigenvalue weighted by Crippen LogP contribution is -2.08. The molecule has 0 saturated heterocycles. The number of ether oxygens (including phenoxy) is 3. The lowest BCUT2D eigenvalue weighted by atomic mass is 9.99. The Hall–Kier alpha value is -4.19. The van der Waals surface area contributed by atoms with Crippen LogP contribution in [0, 0.1) is 0 Å². The summed E-state index contributed by atoms with van der Waals surface area (Å²) in [4.78, 5) is 12.7. The van der Waals surface area contributed by atoms with Gasteiger partial charge in [-0.1, -0.05) is 18.2 Å². The summed E-state index contributed by atoms with van der Waals surface area (Å²) < 4.78 is 22.2. The molecule has 0 bridgehead atoms. The number of hydrogen-bond donors (Lipinski definition) is 1. The highest BCUT2D eigenvalue weighted by atomic mass is 16.5.